The minimum atomic E-state index is -5.40. The van der Waals surface area contributed by atoms with E-state index in [0.717, 1.165) is 40.3 Å². The number of benzene rings is 3. The molecule has 0 saturated heterocycles. The number of ether oxygens (including phenoxy) is 2. The fourth-order valence-corrected chi connectivity index (χ4v) is 4.05. The van der Waals surface area contributed by atoms with Crippen molar-refractivity contribution in [1.29, 1.82) is 0 Å². The first-order valence-corrected chi connectivity index (χ1v) is 10.2. The number of carbonyl (C=O) groups excluding carboxylic acids is 2. The van der Waals surface area contributed by atoms with E-state index in [-0.39, 0.29) is 75.2 Å². The molecule has 0 fully saturated rings. The molecule has 0 atom stereocenters. The second-order valence-electron chi connectivity index (χ2n) is 7.74. The van der Waals surface area contributed by atoms with E-state index in [1.54, 1.807) is 0 Å². The SMILES string of the molecule is COC(=O)c1cc(N(C)C(=O)OCC2c3ccccc3-c3ccccc32)cc([B-](F)(F)F)c1.[K+]. The maximum absolute atomic E-state index is 13.4. The third-order valence-corrected chi connectivity index (χ3v) is 5.74. The summed E-state index contributed by atoms with van der Waals surface area (Å²) in [4.78, 5) is 25.5. The Balaban J connectivity index is 0.00000324. The van der Waals surface area contributed by atoms with Crippen molar-refractivity contribution >= 4 is 30.2 Å². The second-order valence-corrected chi connectivity index (χ2v) is 7.74. The quantitative estimate of drug-likeness (QED) is 0.403. The van der Waals surface area contributed by atoms with Crippen LogP contribution in [0, 0.1) is 0 Å². The van der Waals surface area contributed by atoms with Crippen molar-refractivity contribution in [2.24, 2.45) is 0 Å². The number of anilines is 1. The molecule has 0 heterocycles. The largest absolute Gasteiger partial charge is 1.00 e. The average Bonchev–Trinajstić information content (AvgIpc) is 3.14. The number of esters is 1. The smallest absolute Gasteiger partial charge is 0.465 e. The van der Waals surface area contributed by atoms with Crippen molar-refractivity contribution in [3.8, 4) is 11.1 Å². The molecule has 170 valence electrons. The number of hydrogen-bond acceptors (Lipinski definition) is 4. The molecule has 0 N–H and O–H groups in total. The van der Waals surface area contributed by atoms with E-state index >= 15 is 0 Å². The normalized spacial score (nSPS) is 12.3. The number of fused-ring (bicyclic) bond motifs is 3. The Morgan fingerprint density at radius 1 is 0.941 bits per heavy atom. The average molecular weight is 493 g/mol. The van der Waals surface area contributed by atoms with Crippen LogP contribution in [0.25, 0.3) is 11.1 Å². The summed E-state index contributed by atoms with van der Waals surface area (Å²) in [5.41, 5.74) is 2.72. The number of carbonyl (C=O) groups is 2. The molecule has 1 aliphatic rings. The molecule has 4 rings (SSSR count). The Morgan fingerprint density at radius 3 is 2.03 bits per heavy atom. The Kier molecular flexibility index (Phi) is 8.30. The second kappa shape index (κ2) is 10.7. The van der Waals surface area contributed by atoms with Gasteiger partial charge in [0.05, 0.1) is 12.7 Å². The van der Waals surface area contributed by atoms with Gasteiger partial charge in [-0.15, -0.1) is 5.46 Å². The molecular formula is C24H20BF3KNO4. The van der Waals surface area contributed by atoms with Crippen LogP contribution in [0.4, 0.5) is 23.4 Å². The fourth-order valence-electron chi connectivity index (χ4n) is 4.05. The Hall–Kier alpha value is -2.11. The van der Waals surface area contributed by atoms with Crippen LogP contribution in [0.15, 0.2) is 66.7 Å². The maximum atomic E-state index is 13.4. The van der Waals surface area contributed by atoms with E-state index in [0.29, 0.717) is 6.07 Å². The Morgan fingerprint density at radius 2 is 1.50 bits per heavy atom. The predicted molar refractivity (Wildman–Crippen MR) is 120 cm³/mol. The molecule has 34 heavy (non-hydrogen) atoms. The van der Waals surface area contributed by atoms with Gasteiger partial charge in [0.15, 0.2) is 0 Å². The number of amides is 1. The first kappa shape index (κ1) is 26.5. The molecular weight excluding hydrogens is 473 g/mol. The van der Waals surface area contributed by atoms with E-state index in [1.807, 2.05) is 48.5 Å². The van der Waals surface area contributed by atoms with Gasteiger partial charge in [-0.05, 0) is 28.3 Å². The van der Waals surface area contributed by atoms with Gasteiger partial charge in [0.2, 0.25) is 0 Å². The summed E-state index contributed by atoms with van der Waals surface area (Å²) in [6.45, 7) is -5.38. The van der Waals surface area contributed by atoms with E-state index < -0.39 is 24.5 Å². The van der Waals surface area contributed by atoms with Crippen LogP contribution < -0.4 is 61.7 Å². The van der Waals surface area contributed by atoms with E-state index in [2.05, 4.69) is 4.74 Å². The van der Waals surface area contributed by atoms with E-state index in [9.17, 15) is 22.5 Å². The van der Waals surface area contributed by atoms with Crippen molar-refractivity contribution < 1.29 is 83.4 Å². The summed E-state index contributed by atoms with van der Waals surface area (Å²) >= 11 is 0. The number of hydrogen-bond donors (Lipinski definition) is 0. The van der Waals surface area contributed by atoms with Gasteiger partial charge in [0.25, 0.3) is 0 Å². The Bertz CT molecular complexity index is 1190. The molecule has 0 aliphatic heterocycles. The van der Waals surface area contributed by atoms with Crippen molar-refractivity contribution in [1.82, 2.24) is 0 Å². The van der Waals surface area contributed by atoms with Gasteiger partial charge < -0.3 is 22.4 Å². The topological polar surface area (TPSA) is 55.8 Å². The van der Waals surface area contributed by atoms with Crippen LogP contribution >= 0.6 is 0 Å². The fraction of sp³-hybridized carbons (Fsp3) is 0.167. The van der Waals surface area contributed by atoms with Crippen molar-refractivity contribution in [2.45, 2.75) is 5.92 Å². The van der Waals surface area contributed by atoms with Gasteiger partial charge in [-0.2, -0.15) is 0 Å². The van der Waals surface area contributed by atoms with Crippen LogP contribution in [0.5, 0.6) is 0 Å². The molecule has 5 nitrogen and oxygen atoms in total. The minimum Gasteiger partial charge on any atom is -0.465 e. The third-order valence-electron chi connectivity index (χ3n) is 5.74. The third kappa shape index (κ3) is 5.26. The minimum absolute atomic E-state index is 0. The number of halogens is 3. The molecule has 3 aromatic rings. The zero-order chi connectivity index (χ0) is 23.8. The molecule has 0 spiro atoms. The molecule has 0 aromatic heterocycles. The first-order chi connectivity index (χ1) is 15.7. The zero-order valence-corrected chi connectivity index (χ0v) is 22.0. The van der Waals surface area contributed by atoms with Gasteiger partial charge in [-0.25, -0.2) is 9.59 Å². The number of methoxy groups -OCH3 is 1. The summed E-state index contributed by atoms with van der Waals surface area (Å²) in [7, 11) is 2.37. The maximum Gasteiger partial charge on any atom is 1.00 e. The van der Waals surface area contributed by atoms with E-state index in [4.69, 9.17) is 4.74 Å². The summed E-state index contributed by atoms with van der Waals surface area (Å²) < 4.78 is 50.2. The summed E-state index contributed by atoms with van der Waals surface area (Å²) in [6.07, 6.45) is -0.834. The van der Waals surface area contributed by atoms with Crippen molar-refractivity contribution in [2.75, 3.05) is 25.7 Å². The van der Waals surface area contributed by atoms with Gasteiger partial charge in [-0.3, -0.25) is 4.90 Å². The van der Waals surface area contributed by atoms with E-state index in [1.165, 1.54) is 13.1 Å². The van der Waals surface area contributed by atoms with Crippen molar-refractivity contribution in [3.63, 3.8) is 0 Å². The summed E-state index contributed by atoms with van der Waals surface area (Å²) in [5, 5.41) is 0. The molecule has 0 bridgehead atoms. The predicted octanol–water partition coefficient (Wildman–Crippen LogP) is 1.92. The first-order valence-electron chi connectivity index (χ1n) is 10.2. The van der Waals surface area contributed by atoms with Gasteiger partial charge in [0.1, 0.15) is 6.61 Å². The molecule has 1 amide bonds. The van der Waals surface area contributed by atoms with Gasteiger partial charge in [0, 0.05) is 18.7 Å². The molecule has 10 heteroatoms. The number of rotatable bonds is 5. The van der Waals surface area contributed by atoms with Gasteiger partial charge >= 0.3 is 70.4 Å². The monoisotopic (exact) mass is 493 g/mol. The molecule has 0 saturated carbocycles. The molecule has 3 aromatic carbocycles. The van der Waals surface area contributed by atoms with Crippen LogP contribution in [0.1, 0.15) is 27.4 Å². The zero-order valence-electron chi connectivity index (χ0n) is 18.9. The van der Waals surface area contributed by atoms with Crippen molar-refractivity contribution in [3.05, 3.63) is 83.4 Å². The Labute approximate surface area is 237 Å². The van der Waals surface area contributed by atoms with Crippen LogP contribution in [0.3, 0.4) is 0 Å². The van der Waals surface area contributed by atoms with Crippen LogP contribution in [0.2, 0.25) is 0 Å². The standard InChI is InChI=1S/C24H20BF3NO4.K/c1-29(17-12-15(23(30)32-2)11-16(13-17)25(26,27)28)24(31)33-14-22-20-9-5-3-7-18(20)19-8-4-6-10-21(19)22;/h3-13,22H,14H2,1-2H3;/q-1;+1. The molecule has 1 aliphatic carbocycles. The molecule has 0 radical (unpaired) electrons. The van der Waals surface area contributed by atoms with Crippen LogP contribution in [-0.2, 0) is 9.47 Å². The van der Waals surface area contributed by atoms with Crippen LogP contribution in [-0.4, -0.2) is 39.8 Å². The molecule has 0 unspecified atom stereocenters. The number of nitrogens with zero attached hydrogens (tertiary/aromatic N) is 1. The van der Waals surface area contributed by atoms with Gasteiger partial charge in [-0.1, -0.05) is 60.7 Å². The summed E-state index contributed by atoms with van der Waals surface area (Å²) in [5.74, 6) is -1.12. The summed E-state index contributed by atoms with van der Waals surface area (Å²) in [6, 6.07) is 18.3.